The molecule has 5 nitrogen and oxygen atoms in total. The number of nitrogens with zero attached hydrogens (tertiary/aromatic N) is 2. The van der Waals surface area contributed by atoms with Crippen molar-refractivity contribution < 1.29 is 9.59 Å². The third kappa shape index (κ3) is 2.93. The van der Waals surface area contributed by atoms with Gasteiger partial charge in [-0.3, -0.25) is 14.7 Å². The molecule has 1 unspecified atom stereocenters. The molecular weight excluding hydrogens is 218 g/mol. The smallest absolute Gasteiger partial charge is 0.230 e. The molecule has 1 aliphatic rings. The quantitative estimate of drug-likeness (QED) is 0.798. The van der Waals surface area contributed by atoms with Crippen LogP contribution in [-0.2, 0) is 9.59 Å². The zero-order valence-corrected chi connectivity index (χ0v) is 9.98. The molecule has 2 rings (SSSR count). The Balaban J connectivity index is 1.97. The van der Waals surface area contributed by atoms with Crippen molar-refractivity contribution in [2.75, 3.05) is 13.1 Å². The molecule has 1 fully saturated rings. The van der Waals surface area contributed by atoms with Gasteiger partial charge in [-0.25, -0.2) is 0 Å². The molecule has 92 valence electrons. The van der Waals surface area contributed by atoms with Crippen LogP contribution in [0, 0.1) is 0 Å². The summed E-state index contributed by atoms with van der Waals surface area (Å²) in [4.78, 5) is 24.5. The summed E-state index contributed by atoms with van der Waals surface area (Å²) in [6.45, 7) is 2.90. The van der Waals surface area contributed by atoms with E-state index in [1.54, 1.807) is 11.1 Å². The first-order valence-corrected chi connectivity index (χ1v) is 5.93. The Morgan fingerprint density at radius 1 is 1.59 bits per heavy atom. The Kier molecular flexibility index (Phi) is 3.56. The van der Waals surface area contributed by atoms with Crippen molar-refractivity contribution >= 4 is 11.7 Å². The predicted octanol–water partition coefficient (Wildman–Crippen LogP) is 1.09. The van der Waals surface area contributed by atoms with Crippen molar-refractivity contribution in [3.05, 3.63) is 18.0 Å². The minimum atomic E-state index is -0.0707. The average molecular weight is 235 g/mol. The van der Waals surface area contributed by atoms with Crippen molar-refractivity contribution in [3.8, 4) is 0 Å². The number of hydrogen-bond donors (Lipinski definition) is 1. The second kappa shape index (κ2) is 5.12. The van der Waals surface area contributed by atoms with Gasteiger partial charge in [0.2, 0.25) is 5.91 Å². The first-order chi connectivity index (χ1) is 8.16. The number of piperidine rings is 1. The number of aromatic amines is 1. The van der Waals surface area contributed by atoms with Gasteiger partial charge in [0, 0.05) is 30.9 Å². The molecule has 0 aromatic carbocycles. The fraction of sp³-hybridized carbons (Fsp3) is 0.583. The summed E-state index contributed by atoms with van der Waals surface area (Å²) >= 11 is 0. The number of rotatable bonds is 3. The highest BCUT2D eigenvalue weighted by Crippen LogP contribution is 2.25. The fourth-order valence-corrected chi connectivity index (χ4v) is 2.28. The van der Waals surface area contributed by atoms with Gasteiger partial charge in [0.05, 0.1) is 6.42 Å². The van der Waals surface area contributed by atoms with Gasteiger partial charge in [0.1, 0.15) is 5.78 Å². The van der Waals surface area contributed by atoms with Crippen LogP contribution < -0.4 is 0 Å². The minimum absolute atomic E-state index is 0.0235. The molecule has 1 aromatic heterocycles. The summed E-state index contributed by atoms with van der Waals surface area (Å²) in [5, 5.41) is 6.89. The first kappa shape index (κ1) is 11.8. The number of H-pyrrole nitrogens is 1. The largest absolute Gasteiger partial charge is 0.342 e. The van der Waals surface area contributed by atoms with Gasteiger partial charge >= 0.3 is 0 Å². The van der Waals surface area contributed by atoms with E-state index in [2.05, 4.69) is 10.2 Å². The highest BCUT2D eigenvalue weighted by Gasteiger charge is 2.25. The third-order valence-corrected chi connectivity index (χ3v) is 3.14. The van der Waals surface area contributed by atoms with Gasteiger partial charge in [-0.2, -0.15) is 5.10 Å². The fourth-order valence-electron chi connectivity index (χ4n) is 2.28. The Labute approximate surface area is 100 Å². The van der Waals surface area contributed by atoms with Crippen LogP contribution in [0.15, 0.2) is 12.3 Å². The standard InChI is InChI=1S/C12H17N3O2/c1-9(16)7-12(17)15-6-2-3-10(8-15)11-4-5-13-14-11/h4-5,10H,2-3,6-8H2,1H3,(H,13,14). The number of likely N-dealkylation sites (tertiary alicyclic amines) is 1. The summed E-state index contributed by atoms with van der Waals surface area (Å²) in [7, 11) is 0. The van der Waals surface area contributed by atoms with Crippen LogP contribution in [0.4, 0.5) is 0 Å². The lowest BCUT2D eigenvalue weighted by Gasteiger charge is -2.32. The number of carbonyl (C=O) groups is 2. The Hall–Kier alpha value is -1.65. The SMILES string of the molecule is CC(=O)CC(=O)N1CCCC(c2ccn[nH]2)C1. The van der Waals surface area contributed by atoms with Gasteiger partial charge < -0.3 is 4.90 Å². The number of aromatic nitrogens is 2. The number of nitrogens with one attached hydrogen (secondary N) is 1. The lowest BCUT2D eigenvalue weighted by molar-refractivity contribution is -0.135. The molecule has 1 N–H and O–H groups in total. The van der Waals surface area contributed by atoms with Crippen molar-refractivity contribution in [2.24, 2.45) is 0 Å². The van der Waals surface area contributed by atoms with Gasteiger partial charge in [-0.1, -0.05) is 0 Å². The molecule has 1 aliphatic heterocycles. The Morgan fingerprint density at radius 3 is 3.06 bits per heavy atom. The molecule has 1 saturated heterocycles. The highest BCUT2D eigenvalue weighted by atomic mass is 16.2. The number of hydrogen-bond acceptors (Lipinski definition) is 3. The topological polar surface area (TPSA) is 66.1 Å². The minimum Gasteiger partial charge on any atom is -0.342 e. The second-order valence-corrected chi connectivity index (χ2v) is 4.57. The van der Waals surface area contributed by atoms with Crippen LogP contribution >= 0.6 is 0 Å². The maximum atomic E-state index is 11.8. The van der Waals surface area contributed by atoms with Crippen LogP contribution in [0.3, 0.4) is 0 Å². The molecule has 1 aromatic rings. The van der Waals surface area contributed by atoms with E-state index in [1.807, 2.05) is 6.07 Å². The molecule has 0 radical (unpaired) electrons. The third-order valence-electron chi connectivity index (χ3n) is 3.14. The van der Waals surface area contributed by atoms with E-state index in [0.717, 1.165) is 25.1 Å². The maximum Gasteiger partial charge on any atom is 0.230 e. The van der Waals surface area contributed by atoms with E-state index in [4.69, 9.17) is 0 Å². The molecule has 0 saturated carbocycles. The number of ketones is 1. The molecule has 2 heterocycles. The number of carbonyl (C=O) groups excluding carboxylic acids is 2. The van der Waals surface area contributed by atoms with Crippen molar-refractivity contribution in [3.63, 3.8) is 0 Å². The second-order valence-electron chi connectivity index (χ2n) is 4.57. The Morgan fingerprint density at radius 2 is 2.41 bits per heavy atom. The van der Waals surface area contributed by atoms with Gasteiger partial charge in [0.25, 0.3) is 0 Å². The first-order valence-electron chi connectivity index (χ1n) is 5.93. The van der Waals surface area contributed by atoms with Crippen molar-refractivity contribution in [1.82, 2.24) is 15.1 Å². The van der Waals surface area contributed by atoms with E-state index in [0.29, 0.717) is 12.5 Å². The van der Waals surface area contributed by atoms with E-state index in [1.165, 1.54) is 6.92 Å². The normalized spacial score (nSPS) is 20.3. The highest BCUT2D eigenvalue weighted by molar-refractivity contribution is 5.96. The van der Waals surface area contributed by atoms with E-state index in [-0.39, 0.29) is 18.1 Å². The molecule has 0 spiro atoms. The van der Waals surface area contributed by atoms with E-state index >= 15 is 0 Å². The van der Waals surface area contributed by atoms with Crippen molar-refractivity contribution in [1.29, 1.82) is 0 Å². The molecule has 1 amide bonds. The average Bonchev–Trinajstić information content (AvgIpc) is 2.82. The maximum absolute atomic E-state index is 11.8. The predicted molar refractivity (Wildman–Crippen MR) is 62.4 cm³/mol. The summed E-state index contributed by atoms with van der Waals surface area (Å²) in [5.41, 5.74) is 1.07. The number of Topliss-reactive ketones (excluding diaryl/α,β-unsaturated/α-hetero) is 1. The van der Waals surface area contributed by atoms with Crippen LogP contribution in [0.5, 0.6) is 0 Å². The molecule has 17 heavy (non-hydrogen) atoms. The lowest BCUT2D eigenvalue weighted by atomic mass is 9.94. The van der Waals surface area contributed by atoms with Crippen LogP contribution in [-0.4, -0.2) is 39.9 Å². The summed E-state index contributed by atoms with van der Waals surface area (Å²) in [5.74, 6) is 0.197. The van der Waals surface area contributed by atoms with Crippen LogP contribution in [0.25, 0.3) is 0 Å². The van der Waals surface area contributed by atoms with Crippen molar-refractivity contribution in [2.45, 2.75) is 32.1 Å². The summed E-state index contributed by atoms with van der Waals surface area (Å²) in [6.07, 6.45) is 3.79. The molecule has 1 atom stereocenters. The zero-order valence-electron chi connectivity index (χ0n) is 9.98. The molecule has 0 aliphatic carbocycles. The van der Waals surface area contributed by atoms with Crippen LogP contribution in [0.2, 0.25) is 0 Å². The molecule has 5 heteroatoms. The van der Waals surface area contributed by atoms with Gasteiger partial charge in [-0.15, -0.1) is 0 Å². The van der Waals surface area contributed by atoms with Gasteiger partial charge in [-0.05, 0) is 25.8 Å². The van der Waals surface area contributed by atoms with Crippen LogP contribution in [0.1, 0.15) is 37.8 Å². The van der Waals surface area contributed by atoms with Gasteiger partial charge in [0.15, 0.2) is 0 Å². The number of amides is 1. The zero-order chi connectivity index (χ0) is 12.3. The monoisotopic (exact) mass is 235 g/mol. The van der Waals surface area contributed by atoms with E-state index < -0.39 is 0 Å². The molecular formula is C12H17N3O2. The lowest BCUT2D eigenvalue weighted by Crippen LogP contribution is -2.39. The molecule has 0 bridgehead atoms. The summed E-state index contributed by atoms with van der Waals surface area (Å²) < 4.78 is 0. The van der Waals surface area contributed by atoms with E-state index in [9.17, 15) is 9.59 Å². The summed E-state index contributed by atoms with van der Waals surface area (Å²) in [6, 6.07) is 1.95. The Bertz CT molecular complexity index is 400.